The predicted molar refractivity (Wildman–Crippen MR) is 69.4 cm³/mol. The van der Waals surface area contributed by atoms with E-state index in [-0.39, 0.29) is 18.2 Å². The molecule has 0 bridgehead atoms. The third-order valence-electron chi connectivity index (χ3n) is 2.99. The van der Waals surface area contributed by atoms with E-state index in [0.717, 1.165) is 0 Å². The summed E-state index contributed by atoms with van der Waals surface area (Å²) in [5, 5.41) is 2.71. The lowest BCUT2D eigenvalue weighted by Crippen LogP contribution is -2.56. The SMILES string of the molecule is CCCS(=O)(=O)CC(=O)NC(C)(CN)C(C)C. The van der Waals surface area contributed by atoms with Crippen LogP contribution in [0.25, 0.3) is 0 Å². The minimum Gasteiger partial charge on any atom is -0.349 e. The molecule has 1 atom stereocenters. The smallest absolute Gasteiger partial charge is 0.235 e. The summed E-state index contributed by atoms with van der Waals surface area (Å²) in [5.74, 6) is -0.740. The van der Waals surface area contributed by atoms with Crippen LogP contribution < -0.4 is 11.1 Å². The van der Waals surface area contributed by atoms with Gasteiger partial charge in [0, 0.05) is 6.54 Å². The molecule has 0 aromatic carbocycles. The summed E-state index contributed by atoms with van der Waals surface area (Å²) >= 11 is 0. The zero-order chi connectivity index (χ0) is 13.7. The molecular weight excluding hydrogens is 240 g/mol. The topological polar surface area (TPSA) is 89.3 Å². The van der Waals surface area contributed by atoms with Gasteiger partial charge in [0.2, 0.25) is 5.91 Å². The molecule has 0 aliphatic rings. The fourth-order valence-electron chi connectivity index (χ4n) is 1.37. The molecule has 0 rings (SSSR count). The third kappa shape index (κ3) is 5.50. The molecular formula is C11H24N2O3S. The first-order valence-corrected chi connectivity index (χ1v) is 7.70. The summed E-state index contributed by atoms with van der Waals surface area (Å²) < 4.78 is 23.0. The average Bonchev–Trinajstić information content (AvgIpc) is 2.15. The van der Waals surface area contributed by atoms with Crippen molar-refractivity contribution in [1.29, 1.82) is 0 Å². The number of sulfone groups is 1. The molecule has 0 radical (unpaired) electrons. The number of nitrogens with one attached hydrogen (secondary N) is 1. The largest absolute Gasteiger partial charge is 0.349 e. The Balaban J connectivity index is 4.56. The van der Waals surface area contributed by atoms with E-state index in [1.807, 2.05) is 20.8 Å². The van der Waals surface area contributed by atoms with E-state index >= 15 is 0 Å². The summed E-state index contributed by atoms with van der Waals surface area (Å²) in [6.07, 6.45) is 0.522. The summed E-state index contributed by atoms with van der Waals surface area (Å²) in [7, 11) is -3.29. The Morgan fingerprint density at radius 2 is 1.94 bits per heavy atom. The monoisotopic (exact) mass is 264 g/mol. The fourth-order valence-corrected chi connectivity index (χ4v) is 2.61. The van der Waals surface area contributed by atoms with E-state index in [2.05, 4.69) is 5.32 Å². The molecule has 6 heteroatoms. The van der Waals surface area contributed by atoms with Crippen molar-refractivity contribution in [2.45, 2.75) is 39.7 Å². The summed E-state index contributed by atoms with van der Waals surface area (Å²) in [6.45, 7) is 7.75. The van der Waals surface area contributed by atoms with Crippen molar-refractivity contribution >= 4 is 15.7 Å². The molecule has 0 aliphatic heterocycles. The Morgan fingerprint density at radius 3 is 2.29 bits per heavy atom. The fraction of sp³-hybridized carbons (Fsp3) is 0.909. The highest BCUT2D eigenvalue weighted by Gasteiger charge is 2.29. The van der Waals surface area contributed by atoms with Gasteiger partial charge < -0.3 is 11.1 Å². The van der Waals surface area contributed by atoms with Gasteiger partial charge in [0.1, 0.15) is 5.75 Å². The van der Waals surface area contributed by atoms with Crippen LogP contribution in [0.3, 0.4) is 0 Å². The zero-order valence-electron chi connectivity index (χ0n) is 11.1. The minimum atomic E-state index is -3.29. The molecule has 0 saturated carbocycles. The van der Waals surface area contributed by atoms with Crippen LogP contribution in [0.4, 0.5) is 0 Å². The maximum Gasteiger partial charge on any atom is 0.235 e. The normalized spacial score (nSPS) is 15.6. The van der Waals surface area contributed by atoms with Gasteiger partial charge in [-0.3, -0.25) is 4.79 Å². The maximum absolute atomic E-state index is 11.7. The van der Waals surface area contributed by atoms with Crippen molar-refractivity contribution in [3.05, 3.63) is 0 Å². The number of hydrogen-bond acceptors (Lipinski definition) is 4. The lowest BCUT2D eigenvalue weighted by atomic mass is 9.88. The quantitative estimate of drug-likeness (QED) is 0.692. The molecule has 1 unspecified atom stereocenters. The second kappa shape index (κ2) is 6.35. The Kier molecular flexibility index (Phi) is 6.12. The number of rotatable bonds is 7. The van der Waals surface area contributed by atoms with Crippen molar-refractivity contribution < 1.29 is 13.2 Å². The van der Waals surface area contributed by atoms with Gasteiger partial charge in [0.15, 0.2) is 9.84 Å². The highest BCUT2D eigenvalue weighted by Crippen LogP contribution is 2.14. The summed E-state index contributed by atoms with van der Waals surface area (Å²) in [6, 6.07) is 0. The first-order valence-electron chi connectivity index (χ1n) is 5.88. The molecule has 0 fully saturated rings. The van der Waals surface area contributed by atoms with Gasteiger partial charge in [0.05, 0.1) is 11.3 Å². The molecule has 0 aliphatic carbocycles. The summed E-state index contributed by atoms with van der Waals surface area (Å²) in [5.41, 5.74) is 5.06. The van der Waals surface area contributed by atoms with E-state index in [0.29, 0.717) is 6.42 Å². The van der Waals surface area contributed by atoms with E-state index in [1.54, 1.807) is 6.92 Å². The molecule has 0 heterocycles. The molecule has 0 aromatic rings. The van der Waals surface area contributed by atoms with Gasteiger partial charge in [0.25, 0.3) is 0 Å². The Morgan fingerprint density at radius 1 is 1.41 bits per heavy atom. The van der Waals surface area contributed by atoms with Crippen LogP contribution in [0, 0.1) is 5.92 Å². The number of carbonyl (C=O) groups is 1. The van der Waals surface area contributed by atoms with Crippen LogP contribution in [-0.4, -0.2) is 37.9 Å². The molecule has 0 saturated heterocycles. The molecule has 3 N–H and O–H groups in total. The Bertz CT molecular complexity index is 352. The van der Waals surface area contributed by atoms with E-state index < -0.39 is 27.0 Å². The van der Waals surface area contributed by atoms with Crippen LogP contribution in [0.5, 0.6) is 0 Å². The standard InChI is InChI=1S/C11H24N2O3S/c1-5-6-17(15,16)7-10(14)13-11(4,8-12)9(2)3/h9H,5-8,12H2,1-4H3,(H,13,14). The van der Waals surface area contributed by atoms with Gasteiger partial charge >= 0.3 is 0 Å². The van der Waals surface area contributed by atoms with Crippen LogP contribution in [0.2, 0.25) is 0 Å². The maximum atomic E-state index is 11.7. The lowest BCUT2D eigenvalue weighted by Gasteiger charge is -2.33. The predicted octanol–water partition coefficient (Wildman–Crippen LogP) is 0.301. The van der Waals surface area contributed by atoms with Crippen LogP contribution in [-0.2, 0) is 14.6 Å². The number of amides is 1. The van der Waals surface area contributed by atoms with Crippen molar-refractivity contribution in [1.82, 2.24) is 5.32 Å². The molecule has 0 aromatic heterocycles. The molecule has 102 valence electrons. The first kappa shape index (κ1) is 16.4. The van der Waals surface area contributed by atoms with Crippen LogP contribution in [0.15, 0.2) is 0 Å². The average molecular weight is 264 g/mol. The Labute approximate surface area is 104 Å². The third-order valence-corrected chi connectivity index (χ3v) is 4.72. The van der Waals surface area contributed by atoms with E-state index in [4.69, 9.17) is 5.73 Å². The van der Waals surface area contributed by atoms with Gasteiger partial charge in [-0.05, 0) is 19.3 Å². The van der Waals surface area contributed by atoms with Gasteiger partial charge in [-0.25, -0.2) is 8.42 Å². The van der Waals surface area contributed by atoms with Crippen LogP contribution >= 0.6 is 0 Å². The van der Waals surface area contributed by atoms with Gasteiger partial charge in [-0.2, -0.15) is 0 Å². The molecule has 1 amide bonds. The van der Waals surface area contributed by atoms with Crippen molar-refractivity contribution in [2.75, 3.05) is 18.1 Å². The number of nitrogens with two attached hydrogens (primary N) is 1. The lowest BCUT2D eigenvalue weighted by molar-refractivity contribution is -0.120. The van der Waals surface area contributed by atoms with E-state index in [1.165, 1.54) is 0 Å². The van der Waals surface area contributed by atoms with Crippen molar-refractivity contribution in [3.8, 4) is 0 Å². The van der Waals surface area contributed by atoms with Gasteiger partial charge in [-0.1, -0.05) is 20.8 Å². The number of carbonyl (C=O) groups excluding carboxylic acids is 1. The minimum absolute atomic E-state index is 0.0431. The van der Waals surface area contributed by atoms with Crippen molar-refractivity contribution in [2.24, 2.45) is 11.7 Å². The second-order valence-electron chi connectivity index (χ2n) is 4.92. The molecule has 17 heavy (non-hydrogen) atoms. The summed E-state index contributed by atoms with van der Waals surface area (Å²) in [4.78, 5) is 11.7. The van der Waals surface area contributed by atoms with Crippen LogP contribution in [0.1, 0.15) is 34.1 Å². The molecule has 0 spiro atoms. The highest BCUT2D eigenvalue weighted by molar-refractivity contribution is 7.92. The zero-order valence-corrected chi connectivity index (χ0v) is 11.9. The van der Waals surface area contributed by atoms with Gasteiger partial charge in [-0.15, -0.1) is 0 Å². The first-order chi connectivity index (χ1) is 7.67. The highest BCUT2D eigenvalue weighted by atomic mass is 32.2. The van der Waals surface area contributed by atoms with Crippen molar-refractivity contribution in [3.63, 3.8) is 0 Å². The molecule has 5 nitrogen and oxygen atoms in total. The Hall–Kier alpha value is -0.620. The number of hydrogen-bond donors (Lipinski definition) is 2. The second-order valence-corrected chi connectivity index (χ2v) is 7.10. The van der Waals surface area contributed by atoms with E-state index in [9.17, 15) is 13.2 Å².